The number of ether oxygens (including phenoxy) is 1. The van der Waals surface area contributed by atoms with Crippen molar-refractivity contribution in [3.05, 3.63) is 0 Å². The van der Waals surface area contributed by atoms with Crippen LogP contribution in [0.1, 0.15) is 46.0 Å². The summed E-state index contributed by atoms with van der Waals surface area (Å²) in [4.78, 5) is 2.74. The molecule has 3 nitrogen and oxygen atoms in total. The van der Waals surface area contributed by atoms with Crippen molar-refractivity contribution in [2.45, 2.75) is 63.6 Å². The summed E-state index contributed by atoms with van der Waals surface area (Å²) in [6.45, 7) is 8.27. The van der Waals surface area contributed by atoms with Gasteiger partial charge in [0, 0.05) is 38.8 Å². The lowest BCUT2D eigenvalue weighted by Crippen LogP contribution is -2.63. The van der Waals surface area contributed by atoms with E-state index in [1.165, 1.54) is 45.2 Å². The number of hydrogen-bond acceptors (Lipinski definition) is 3. The SMILES string of the molecule is COC1(CN2CC(C3CC3)NCC2C(C)C)CCC1. The summed E-state index contributed by atoms with van der Waals surface area (Å²) in [6, 6.07) is 1.42. The molecule has 1 N–H and O–H groups in total. The molecule has 19 heavy (non-hydrogen) atoms. The van der Waals surface area contributed by atoms with Crippen LogP contribution in [0.2, 0.25) is 0 Å². The van der Waals surface area contributed by atoms with Crippen LogP contribution in [-0.2, 0) is 4.74 Å². The van der Waals surface area contributed by atoms with Crippen molar-refractivity contribution in [1.29, 1.82) is 0 Å². The molecule has 3 heteroatoms. The molecule has 1 aliphatic heterocycles. The second-order valence-electron chi connectivity index (χ2n) is 7.33. The molecule has 110 valence electrons. The topological polar surface area (TPSA) is 24.5 Å². The monoisotopic (exact) mass is 266 g/mol. The van der Waals surface area contributed by atoms with Gasteiger partial charge in [-0.1, -0.05) is 13.8 Å². The normalized spacial score (nSPS) is 35.4. The largest absolute Gasteiger partial charge is 0.377 e. The van der Waals surface area contributed by atoms with E-state index in [0.717, 1.165) is 24.4 Å². The lowest BCUT2D eigenvalue weighted by molar-refractivity contribution is -0.105. The fraction of sp³-hybridized carbons (Fsp3) is 1.00. The third-order valence-corrected chi connectivity index (χ3v) is 5.64. The summed E-state index contributed by atoms with van der Waals surface area (Å²) in [5, 5.41) is 3.80. The highest BCUT2D eigenvalue weighted by molar-refractivity contribution is 5.00. The first kappa shape index (κ1) is 13.8. The van der Waals surface area contributed by atoms with E-state index >= 15 is 0 Å². The highest BCUT2D eigenvalue weighted by atomic mass is 16.5. The minimum atomic E-state index is 0.179. The van der Waals surface area contributed by atoms with Crippen LogP contribution in [-0.4, -0.2) is 49.3 Å². The van der Waals surface area contributed by atoms with Crippen LogP contribution in [0.15, 0.2) is 0 Å². The molecule has 0 radical (unpaired) electrons. The first-order valence-corrected chi connectivity index (χ1v) is 8.16. The minimum Gasteiger partial charge on any atom is -0.377 e. The summed E-state index contributed by atoms with van der Waals surface area (Å²) in [5.41, 5.74) is 0.179. The standard InChI is InChI=1S/C16H30N2O/c1-12(2)15-9-17-14(13-5-6-13)10-18(15)11-16(19-3)7-4-8-16/h12-15,17H,4-11H2,1-3H3. The first-order valence-electron chi connectivity index (χ1n) is 8.16. The molecule has 3 rings (SSSR count). The number of hydrogen-bond donors (Lipinski definition) is 1. The minimum absolute atomic E-state index is 0.179. The molecule has 0 spiro atoms. The molecule has 2 saturated carbocycles. The van der Waals surface area contributed by atoms with Gasteiger partial charge in [-0.05, 0) is 43.9 Å². The van der Waals surface area contributed by atoms with E-state index < -0.39 is 0 Å². The van der Waals surface area contributed by atoms with E-state index in [9.17, 15) is 0 Å². The number of piperazine rings is 1. The second kappa shape index (κ2) is 5.34. The Morgan fingerprint density at radius 3 is 2.53 bits per heavy atom. The van der Waals surface area contributed by atoms with E-state index in [0.29, 0.717) is 6.04 Å². The Kier molecular flexibility index (Phi) is 3.89. The Morgan fingerprint density at radius 1 is 1.32 bits per heavy atom. The molecule has 0 aromatic carbocycles. The van der Waals surface area contributed by atoms with Crippen LogP contribution in [0.3, 0.4) is 0 Å². The molecule has 0 aromatic rings. The van der Waals surface area contributed by atoms with Crippen molar-refractivity contribution in [2.75, 3.05) is 26.7 Å². The number of nitrogens with zero attached hydrogens (tertiary/aromatic N) is 1. The Balaban J connectivity index is 1.65. The van der Waals surface area contributed by atoms with Crippen LogP contribution in [0, 0.1) is 11.8 Å². The molecule has 2 unspecified atom stereocenters. The average Bonchev–Trinajstić information content (AvgIpc) is 3.17. The maximum Gasteiger partial charge on any atom is 0.0805 e. The van der Waals surface area contributed by atoms with E-state index in [1.54, 1.807) is 0 Å². The fourth-order valence-corrected chi connectivity index (χ4v) is 3.88. The molecule has 0 bridgehead atoms. The summed E-state index contributed by atoms with van der Waals surface area (Å²) in [6.07, 6.45) is 6.73. The summed E-state index contributed by atoms with van der Waals surface area (Å²) in [5.74, 6) is 1.68. The van der Waals surface area contributed by atoms with E-state index in [-0.39, 0.29) is 5.60 Å². The molecule has 0 aromatic heterocycles. The van der Waals surface area contributed by atoms with Crippen molar-refractivity contribution in [3.63, 3.8) is 0 Å². The Hall–Kier alpha value is -0.120. The number of rotatable bonds is 5. The van der Waals surface area contributed by atoms with Crippen LogP contribution >= 0.6 is 0 Å². The van der Waals surface area contributed by atoms with Crippen molar-refractivity contribution in [3.8, 4) is 0 Å². The van der Waals surface area contributed by atoms with Crippen LogP contribution in [0.5, 0.6) is 0 Å². The van der Waals surface area contributed by atoms with Gasteiger partial charge >= 0.3 is 0 Å². The number of methoxy groups -OCH3 is 1. The van der Waals surface area contributed by atoms with Gasteiger partial charge in [0.1, 0.15) is 0 Å². The number of nitrogens with one attached hydrogen (secondary N) is 1. The van der Waals surface area contributed by atoms with Gasteiger partial charge in [-0.15, -0.1) is 0 Å². The molecular weight excluding hydrogens is 236 g/mol. The van der Waals surface area contributed by atoms with Gasteiger partial charge in [-0.3, -0.25) is 4.90 Å². The Bertz CT molecular complexity index is 304. The van der Waals surface area contributed by atoms with Gasteiger partial charge in [-0.25, -0.2) is 0 Å². The van der Waals surface area contributed by atoms with Gasteiger partial charge in [-0.2, -0.15) is 0 Å². The fourth-order valence-electron chi connectivity index (χ4n) is 3.88. The lowest BCUT2D eigenvalue weighted by Gasteiger charge is -2.50. The lowest BCUT2D eigenvalue weighted by atomic mass is 9.78. The molecule has 3 aliphatic rings. The van der Waals surface area contributed by atoms with Crippen molar-refractivity contribution < 1.29 is 4.74 Å². The summed E-state index contributed by atoms with van der Waals surface area (Å²) < 4.78 is 5.85. The van der Waals surface area contributed by atoms with Crippen molar-refractivity contribution in [1.82, 2.24) is 10.2 Å². The van der Waals surface area contributed by atoms with E-state index in [4.69, 9.17) is 4.74 Å². The quantitative estimate of drug-likeness (QED) is 0.826. The predicted molar refractivity (Wildman–Crippen MR) is 78.3 cm³/mol. The van der Waals surface area contributed by atoms with Gasteiger partial charge < -0.3 is 10.1 Å². The van der Waals surface area contributed by atoms with Crippen LogP contribution < -0.4 is 5.32 Å². The maximum absolute atomic E-state index is 5.85. The Labute approximate surface area is 118 Å². The smallest absolute Gasteiger partial charge is 0.0805 e. The summed E-state index contributed by atoms with van der Waals surface area (Å²) in [7, 11) is 1.91. The zero-order valence-corrected chi connectivity index (χ0v) is 12.8. The average molecular weight is 266 g/mol. The van der Waals surface area contributed by atoms with Crippen LogP contribution in [0.25, 0.3) is 0 Å². The third-order valence-electron chi connectivity index (χ3n) is 5.64. The van der Waals surface area contributed by atoms with Crippen molar-refractivity contribution >= 4 is 0 Å². The van der Waals surface area contributed by atoms with Gasteiger partial charge in [0.25, 0.3) is 0 Å². The highest BCUT2D eigenvalue weighted by Gasteiger charge is 2.44. The van der Waals surface area contributed by atoms with Gasteiger partial charge in [0.05, 0.1) is 5.60 Å². The van der Waals surface area contributed by atoms with Gasteiger partial charge in [0.2, 0.25) is 0 Å². The zero-order valence-electron chi connectivity index (χ0n) is 12.8. The van der Waals surface area contributed by atoms with E-state index in [1.807, 2.05) is 7.11 Å². The zero-order chi connectivity index (χ0) is 13.5. The maximum atomic E-state index is 5.85. The van der Waals surface area contributed by atoms with Gasteiger partial charge in [0.15, 0.2) is 0 Å². The molecule has 2 atom stereocenters. The second-order valence-corrected chi connectivity index (χ2v) is 7.33. The first-order chi connectivity index (χ1) is 9.13. The summed E-state index contributed by atoms with van der Waals surface area (Å²) >= 11 is 0. The molecule has 3 fully saturated rings. The van der Waals surface area contributed by atoms with Crippen molar-refractivity contribution in [2.24, 2.45) is 11.8 Å². The predicted octanol–water partition coefficient (Wildman–Crippen LogP) is 2.26. The van der Waals surface area contributed by atoms with Crippen LogP contribution in [0.4, 0.5) is 0 Å². The third kappa shape index (κ3) is 2.84. The molecular formula is C16H30N2O. The Morgan fingerprint density at radius 2 is 2.05 bits per heavy atom. The highest BCUT2D eigenvalue weighted by Crippen LogP contribution is 2.39. The molecule has 0 amide bonds. The molecule has 1 heterocycles. The molecule has 2 aliphatic carbocycles. The molecule has 1 saturated heterocycles. The van der Waals surface area contributed by atoms with E-state index in [2.05, 4.69) is 24.1 Å².